The van der Waals surface area contributed by atoms with Crippen molar-refractivity contribution in [2.75, 3.05) is 7.05 Å². The number of alkyl halides is 3. The van der Waals surface area contributed by atoms with E-state index in [0.717, 1.165) is 5.56 Å². The van der Waals surface area contributed by atoms with Crippen LogP contribution in [-0.2, 0) is 12.7 Å². The molecule has 1 heterocycles. The van der Waals surface area contributed by atoms with Gasteiger partial charge in [-0.3, -0.25) is 0 Å². The van der Waals surface area contributed by atoms with E-state index in [1.54, 1.807) is 25.2 Å². The Kier molecular flexibility index (Phi) is 3.28. The number of rotatable bonds is 3. The molecule has 1 N–H and O–H groups in total. The standard InChI is InChI=1S/C10H10F3N5/c1-14-6-7-3-2-4-8(5-7)18-9(10(11,12)13)15-16-17-18/h2-5,14H,6H2,1H3. The molecule has 8 heteroatoms. The molecule has 0 bridgehead atoms. The third-order valence-electron chi connectivity index (χ3n) is 2.26. The lowest BCUT2D eigenvalue weighted by molar-refractivity contribution is -0.146. The molecule has 0 saturated heterocycles. The van der Waals surface area contributed by atoms with Gasteiger partial charge < -0.3 is 5.32 Å². The van der Waals surface area contributed by atoms with Crippen molar-refractivity contribution in [1.82, 2.24) is 25.5 Å². The van der Waals surface area contributed by atoms with Crippen molar-refractivity contribution < 1.29 is 13.2 Å². The van der Waals surface area contributed by atoms with E-state index in [1.165, 1.54) is 6.07 Å². The van der Waals surface area contributed by atoms with Gasteiger partial charge >= 0.3 is 6.18 Å². The summed E-state index contributed by atoms with van der Waals surface area (Å²) < 4.78 is 38.6. The highest BCUT2D eigenvalue weighted by Crippen LogP contribution is 2.28. The van der Waals surface area contributed by atoms with Crippen LogP contribution in [0.1, 0.15) is 11.4 Å². The molecule has 2 rings (SSSR count). The summed E-state index contributed by atoms with van der Waals surface area (Å²) in [5.74, 6) is -1.14. The van der Waals surface area contributed by atoms with Crippen LogP contribution < -0.4 is 5.32 Å². The van der Waals surface area contributed by atoms with Gasteiger partial charge in [0.25, 0.3) is 5.82 Å². The Morgan fingerprint density at radius 3 is 2.78 bits per heavy atom. The largest absolute Gasteiger partial charge is 0.453 e. The van der Waals surface area contributed by atoms with Crippen molar-refractivity contribution in [2.45, 2.75) is 12.7 Å². The van der Waals surface area contributed by atoms with Gasteiger partial charge in [0.1, 0.15) is 0 Å². The molecule has 0 radical (unpaired) electrons. The van der Waals surface area contributed by atoms with Gasteiger partial charge in [0, 0.05) is 6.54 Å². The van der Waals surface area contributed by atoms with E-state index < -0.39 is 12.0 Å². The highest BCUT2D eigenvalue weighted by Gasteiger charge is 2.38. The number of hydrogen-bond acceptors (Lipinski definition) is 4. The second-order valence-electron chi connectivity index (χ2n) is 3.61. The van der Waals surface area contributed by atoms with Crippen LogP contribution in [0.3, 0.4) is 0 Å². The number of benzene rings is 1. The number of tetrazole rings is 1. The molecule has 1 aromatic carbocycles. The molecule has 0 aliphatic heterocycles. The van der Waals surface area contributed by atoms with Gasteiger partial charge in [-0.1, -0.05) is 12.1 Å². The Morgan fingerprint density at radius 2 is 2.11 bits per heavy atom. The van der Waals surface area contributed by atoms with Crippen molar-refractivity contribution in [3.05, 3.63) is 35.7 Å². The molecule has 0 amide bonds. The van der Waals surface area contributed by atoms with Gasteiger partial charge in [0.15, 0.2) is 0 Å². The minimum Gasteiger partial charge on any atom is -0.316 e. The van der Waals surface area contributed by atoms with Gasteiger partial charge in [-0.05, 0) is 35.2 Å². The van der Waals surface area contributed by atoms with E-state index in [1.807, 2.05) is 0 Å². The molecule has 1 aromatic heterocycles. The highest BCUT2D eigenvalue weighted by molar-refractivity contribution is 5.35. The quantitative estimate of drug-likeness (QED) is 0.903. The first-order valence-corrected chi connectivity index (χ1v) is 5.12. The lowest BCUT2D eigenvalue weighted by Crippen LogP contribution is -2.15. The van der Waals surface area contributed by atoms with Crippen molar-refractivity contribution in [3.8, 4) is 5.69 Å². The Bertz CT molecular complexity index is 534. The van der Waals surface area contributed by atoms with Crippen LogP contribution >= 0.6 is 0 Å². The first kappa shape index (κ1) is 12.5. The monoisotopic (exact) mass is 257 g/mol. The van der Waals surface area contributed by atoms with Crippen LogP contribution in [0.15, 0.2) is 24.3 Å². The summed E-state index contributed by atoms with van der Waals surface area (Å²) in [6.45, 7) is 0.553. The average Bonchev–Trinajstić information content (AvgIpc) is 2.78. The summed E-state index contributed by atoms with van der Waals surface area (Å²) in [5, 5.41) is 12.4. The number of nitrogens with zero attached hydrogens (tertiary/aromatic N) is 4. The maximum atomic E-state index is 12.6. The first-order chi connectivity index (χ1) is 8.52. The molecular weight excluding hydrogens is 247 g/mol. The van der Waals surface area contributed by atoms with E-state index in [-0.39, 0.29) is 5.69 Å². The summed E-state index contributed by atoms with van der Waals surface area (Å²) in [7, 11) is 1.75. The van der Waals surface area contributed by atoms with Gasteiger partial charge in [0.2, 0.25) is 0 Å². The van der Waals surface area contributed by atoms with Gasteiger partial charge in [-0.25, -0.2) is 0 Å². The van der Waals surface area contributed by atoms with E-state index in [9.17, 15) is 13.2 Å². The van der Waals surface area contributed by atoms with Crippen LogP contribution in [-0.4, -0.2) is 27.3 Å². The zero-order chi connectivity index (χ0) is 13.2. The Hall–Kier alpha value is -1.96. The summed E-state index contributed by atoms with van der Waals surface area (Å²) in [5.41, 5.74) is 1.12. The van der Waals surface area contributed by atoms with E-state index in [2.05, 4.69) is 20.8 Å². The topological polar surface area (TPSA) is 55.6 Å². The normalized spacial score (nSPS) is 11.8. The third-order valence-corrected chi connectivity index (χ3v) is 2.26. The molecule has 0 spiro atoms. The minimum absolute atomic E-state index is 0.278. The maximum absolute atomic E-state index is 12.6. The molecule has 0 saturated carbocycles. The number of hydrogen-bond donors (Lipinski definition) is 1. The average molecular weight is 257 g/mol. The van der Waals surface area contributed by atoms with E-state index in [0.29, 0.717) is 11.2 Å². The third kappa shape index (κ3) is 2.48. The predicted octanol–water partition coefficient (Wildman–Crippen LogP) is 1.40. The van der Waals surface area contributed by atoms with Gasteiger partial charge in [-0.2, -0.15) is 17.9 Å². The minimum atomic E-state index is -4.58. The van der Waals surface area contributed by atoms with Gasteiger partial charge in [-0.15, -0.1) is 5.10 Å². The molecule has 96 valence electrons. The predicted molar refractivity (Wildman–Crippen MR) is 56.9 cm³/mol. The van der Waals surface area contributed by atoms with Gasteiger partial charge in [0.05, 0.1) is 5.69 Å². The maximum Gasteiger partial charge on any atom is 0.453 e. The molecule has 0 unspecified atom stereocenters. The summed E-state index contributed by atoms with van der Waals surface area (Å²) in [4.78, 5) is 0. The highest BCUT2D eigenvalue weighted by atomic mass is 19.4. The fourth-order valence-electron chi connectivity index (χ4n) is 1.54. The number of nitrogens with one attached hydrogen (secondary N) is 1. The second-order valence-corrected chi connectivity index (χ2v) is 3.61. The summed E-state index contributed by atoms with van der Waals surface area (Å²) in [6.07, 6.45) is -4.58. The van der Waals surface area contributed by atoms with E-state index in [4.69, 9.17) is 0 Å². The zero-order valence-corrected chi connectivity index (χ0v) is 9.44. The van der Waals surface area contributed by atoms with Crippen LogP contribution in [0.2, 0.25) is 0 Å². The van der Waals surface area contributed by atoms with Crippen LogP contribution in [0.5, 0.6) is 0 Å². The van der Waals surface area contributed by atoms with Crippen molar-refractivity contribution in [3.63, 3.8) is 0 Å². The SMILES string of the molecule is CNCc1cccc(-n2nnnc2C(F)(F)F)c1. The van der Waals surface area contributed by atoms with Crippen LogP contribution in [0.4, 0.5) is 13.2 Å². The fraction of sp³-hybridized carbons (Fsp3) is 0.300. The van der Waals surface area contributed by atoms with Crippen LogP contribution in [0.25, 0.3) is 5.69 Å². The molecule has 2 aromatic rings. The molecule has 0 fully saturated rings. The smallest absolute Gasteiger partial charge is 0.316 e. The summed E-state index contributed by atoms with van der Waals surface area (Å²) in [6, 6.07) is 6.58. The Morgan fingerprint density at radius 1 is 1.33 bits per heavy atom. The van der Waals surface area contributed by atoms with Crippen molar-refractivity contribution in [1.29, 1.82) is 0 Å². The molecule has 0 aliphatic rings. The molecule has 0 aliphatic carbocycles. The van der Waals surface area contributed by atoms with Crippen molar-refractivity contribution >= 4 is 0 Å². The number of aromatic nitrogens is 4. The lowest BCUT2D eigenvalue weighted by Gasteiger charge is -2.08. The Labute approximate surface area is 101 Å². The molecular formula is C10H10F3N5. The summed E-state index contributed by atoms with van der Waals surface area (Å²) >= 11 is 0. The molecule has 18 heavy (non-hydrogen) atoms. The molecule has 5 nitrogen and oxygen atoms in total. The first-order valence-electron chi connectivity index (χ1n) is 5.12. The van der Waals surface area contributed by atoms with Crippen LogP contribution in [0, 0.1) is 0 Å². The molecule has 0 atom stereocenters. The fourth-order valence-corrected chi connectivity index (χ4v) is 1.54. The zero-order valence-electron chi connectivity index (χ0n) is 9.44. The Balaban J connectivity index is 2.43. The van der Waals surface area contributed by atoms with E-state index >= 15 is 0 Å². The van der Waals surface area contributed by atoms with Crippen molar-refractivity contribution in [2.24, 2.45) is 0 Å². The lowest BCUT2D eigenvalue weighted by atomic mass is 10.2. The second kappa shape index (κ2) is 4.73. The number of halogens is 3.